The van der Waals surface area contributed by atoms with Gasteiger partial charge in [0.15, 0.2) is 0 Å². The molecule has 2 aromatic rings. The van der Waals surface area contributed by atoms with Crippen molar-refractivity contribution in [3.8, 4) is 5.75 Å². The van der Waals surface area contributed by atoms with Crippen LogP contribution in [0.25, 0.3) is 0 Å². The highest BCUT2D eigenvalue weighted by Gasteiger charge is 2.22. The molecule has 0 amide bonds. The minimum Gasteiger partial charge on any atom is -0.497 e. The summed E-state index contributed by atoms with van der Waals surface area (Å²) in [6.45, 7) is 0.321. The number of nitrogens with zero attached hydrogens (tertiary/aromatic N) is 1. The second kappa shape index (κ2) is 6.26. The fourth-order valence-electron chi connectivity index (χ4n) is 1.66. The van der Waals surface area contributed by atoms with Crippen LogP contribution in [0.4, 0.5) is 0 Å². The molecular weight excluding hydrogens is 362 g/mol. The van der Waals surface area contributed by atoms with E-state index in [1.165, 1.54) is 15.6 Å². The molecule has 0 aliphatic rings. The highest BCUT2D eigenvalue weighted by atomic mass is 79.9. The Morgan fingerprint density at radius 1 is 1.20 bits per heavy atom. The van der Waals surface area contributed by atoms with E-state index in [-0.39, 0.29) is 0 Å². The van der Waals surface area contributed by atoms with Crippen molar-refractivity contribution in [3.63, 3.8) is 0 Å². The number of hydrogen-bond acceptors (Lipinski definition) is 4. The molecule has 0 N–H and O–H groups in total. The summed E-state index contributed by atoms with van der Waals surface area (Å²) < 4.78 is 32.3. The number of methoxy groups -OCH3 is 1. The van der Waals surface area contributed by atoms with Crippen LogP contribution in [0.2, 0.25) is 0 Å². The second-order valence-electron chi connectivity index (χ2n) is 4.17. The molecule has 108 valence electrons. The minimum absolute atomic E-state index is 0.321. The maximum Gasteiger partial charge on any atom is 0.252 e. The zero-order valence-corrected chi connectivity index (χ0v) is 14.3. The SMILES string of the molecule is COc1ccc(CN(C)S(=O)(=O)c2ccc(Br)s2)cc1. The van der Waals surface area contributed by atoms with E-state index in [1.54, 1.807) is 26.3 Å². The van der Waals surface area contributed by atoms with Gasteiger partial charge in [-0.15, -0.1) is 11.3 Å². The molecule has 0 bridgehead atoms. The molecule has 7 heteroatoms. The third-order valence-electron chi connectivity index (χ3n) is 2.78. The van der Waals surface area contributed by atoms with Gasteiger partial charge >= 0.3 is 0 Å². The predicted molar refractivity (Wildman–Crippen MR) is 83.7 cm³/mol. The zero-order valence-electron chi connectivity index (χ0n) is 11.0. The smallest absolute Gasteiger partial charge is 0.252 e. The molecule has 0 spiro atoms. The average Bonchev–Trinajstić information content (AvgIpc) is 2.87. The summed E-state index contributed by atoms with van der Waals surface area (Å²) in [6.07, 6.45) is 0. The lowest BCUT2D eigenvalue weighted by atomic mass is 10.2. The van der Waals surface area contributed by atoms with Crippen LogP contribution in [0, 0.1) is 0 Å². The number of halogens is 1. The molecule has 1 heterocycles. The van der Waals surface area contributed by atoms with Crippen molar-refractivity contribution in [2.45, 2.75) is 10.8 Å². The van der Waals surface area contributed by atoms with E-state index in [0.717, 1.165) is 15.1 Å². The maximum atomic E-state index is 12.4. The molecule has 0 atom stereocenters. The van der Waals surface area contributed by atoms with Gasteiger partial charge in [-0.05, 0) is 45.8 Å². The van der Waals surface area contributed by atoms with Crippen LogP contribution in [0.5, 0.6) is 5.75 Å². The first-order valence-corrected chi connectivity index (χ1v) is 8.83. The second-order valence-corrected chi connectivity index (χ2v) is 8.90. The molecule has 20 heavy (non-hydrogen) atoms. The fourth-order valence-corrected chi connectivity index (χ4v) is 5.04. The first-order valence-electron chi connectivity index (χ1n) is 5.78. The lowest BCUT2D eigenvalue weighted by molar-refractivity contribution is 0.414. The van der Waals surface area contributed by atoms with Crippen molar-refractivity contribution in [1.29, 1.82) is 0 Å². The Morgan fingerprint density at radius 2 is 1.85 bits per heavy atom. The molecule has 0 fully saturated rings. The third-order valence-corrected chi connectivity index (χ3v) is 6.67. The van der Waals surface area contributed by atoms with Gasteiger partial charge in [0, 0.05) is 13.6 Å². The van der Waals surface area contributed by atoms with E-state index < -0.39 is 10.0 Å². The van der Waals surface area contributed by atoms with Crippen LogP contribution in [0.1, 0.15) is 5.56 Å². The predicted octanol–water partition coefficient (Wildman–Crippen LogP) is 3.34. The van der Waals surface area contributed by atoms with Crippen LogP contribution < -0.4 is 4.74 Å². The lowest BCUT2D eigenvalue weighted by Crippen LogP contribution is -2.25. The molecule has 1 aromatic carbocycles. The van der Waals surface area contributed by atoms with Crippen molar-refractivity contribution in [2.24, 2.45) is 0 Å². The molecule has 0 aliphatic heterocycles. The van der Waals surface area contributed by atoms with Crippen LogP contribution in [-0.4, -0.2) is 26.9 Å². The highest BCUT2D eigenvalue weighted by Crippen LogP contribution is 2.28. The van der Waals surface area contributed by atoms with Gasteiger partial charge in [-0.3, -0.25) is 0 Å². The first-order chi connectivity index (χ1) is 9.43. The molecule has 0 saturated heterocycles. The van der Waals surface area contributed by atoms with Crippen LogP contribution in [0.15, 0.2) is 44.4 Å². The molecule has 4 nitrogen and oxygen atoms in total. The third kappa shape index (κ3) is 3.41. The summed E-state index contributed by atoms with van der Waals surface area (Å²) in [5.41, 5.74) is 0.910. The van der Waals surface area contributed by atoms with Crippen LogP contribution >= 0.6 is 27.3 Å². The number of hydrogen-bond donors (Lipinski definition) is 0. The molecule has 0 aliphatic carbocycles. The van der Waals surface area contributed by atoms with E-state index >= 15 is 0 Å². The van der Waals surface area contributed by atoms with Crippen molar-refractivity contribution in [2.75, 3.05) is 14.2 Å². The van der Waals surface area contributed by atoms with E-state index in [1.807, 2.05) is 24.3 Å². The number of sulfonamides is 1. The monoisotopic (exact) mass is 375 g/mol. The van der Waals surface area contributed by atoms with Crippen LogP contribution in [0.3, 0.4) is 0 Å². The first kappa shape index (κ1) is 15.5. The van der Waals surface area contributed by atoms with E-state index in [4.69, 9.17) is 4.74 Å². The summed E-state index contributed by atoms with van der Waals surface area (Å²) in [5, 5.41) is 0. The minimum atomic E-state index is -3.44. The number of rotatable bonds is 5. The Bertz CT molecular complexity index is 680. The molecule has 2 rings (SSSR count). The average molecular weight is 376 g/mol. The van der Waals surface area contributed by atoms with E-state index in [9.17, 15) is 8.42 Å². The lowest BCUT2D eigenvalue weighted by Gasteiger charge is -2.16. The van der Waals surface area contributed by atoms with Crippen molar-refractivity contribution < 1.29 is 13.2 Å². The number of thiophene rings is 1. The Kier molecular flexibility index (Phi) is 4.85. The van der Waals surface area contributed by atoms with Crippen molar-refractivity contribution >= 4 is 37.3 Å². The van der Waals surface area contributed by atoms with Crippen molar-refractivity contribution in [1.82, 2.24) is 4.31 Å². The summed E-state index contributed by atoms with van der Waals surface area (Å²) in [6, 6.07) is 10.7. The largest absolute Gasteiger partial charge is 0.497 e. The zero-order chi connectivity index (χ0) is 14.8. The fraction of sp³-hybridized carbons (Fsp3) is 0.231. The topological polar surface area (TPSA) is 46.6 Å². The summed E-state index contributed by atoms with van der Waals surface area (Å²) in [5.74, 6) is 0.751. The van der Waals surface area contributed by atoms with Gasteiger partial charge < -0.3 is 4.74 Å². The van der Waals surface area contributed by atoms with E-state index in [2.05, 4.69) is 15.9 Å². The quantitative estimate of drug-likeness (QED) is 0.804. The van der Waals surface area contributed by atoms with Gasteiger partial charge in [0.05, 0.1) is 10.9 Å². The van der Waals surface area contributed by atoms with Gasteiger partial charge in [-0.2, -0.15) is 4.31 Å². The van der Waals surface area contributed by atoms with Gasteiger partial charge in [0.1, 0.15) is 9.96 Å². The Labute approximate surface area is 131 Å². The van der Waals surface area contributed by atoms with E-state index in [0.29, 0.717) is 10.8 Å². The van der Waals surface area contributed by atoms with Gasteiger partial charge in [0.2, 0.25) is 0 Å². The maximum absolute atomic E-state index is 12.4. The molecule has 0 unspecified atom stereocenters. The Morgan fingerprint density at radius 3 is 2.35 bits per heavy atom. The summed E-state index contributed by atoms with van der Waals surface area (Å²) in [4.78, 5) is 0. The molecule has 0 radical (unpaired) electrons. The number of ether oxygens (including phenoxy) is 1. The number of benzene rings is 1. The Hall–Kier alpha value is -0.890. The summed E-state index contributed by atoms with van der Waals surface area (Å²) >= 11 is 4.48. The van der Waals surface area contributed by atoms with Gasteiger partial charge in [-0.1, -0.05) is 12.1 Å². The standard InChI is InChI=1S/C13H14BrNO3S2/c1-15(9-10-3-5-11(18-2)6-4-10)20(16,17)13-8-7-12(14)19-13/h3-8H,9H2,1-2H3. The van der Waals surface area contributed by atoms with Crippen molar-refractivity contribution in [3.05, 3.63) is 45.7 Å². The molecular formula is C13H14BrNO3S2. The Balaban J connectivity index is 2.16. The normalized spacial score (nSPS) is 11.8. The van der Waals surface area contributed by atoms with Gasteiger partial charge in [0.25, 0.3) is 10.0 Å². The van der Waals surface area contributed by atoms with Crippen LogP contribution in [-0.2, 0) is 16.6 Å². The molecule has 1 aromatic heterocycles. The highest BCUT2D eigenvalue weighted by molar-refractivity contribution is 9.11. The van der Waals surface area contributed by atoms with Gasteiger partial charge in [-0.25, -0.2) is 8.42 Å². The summed E-state index contributed by atoms with van der Waals surface area (Å²) in [7, 11) is -0.267. The molecule has 0 saturated carbocycles.